The summed E-state index contributed by atoms with van der Waals surface area (Å²) >= 11 is 6.21. The van der Waals surface area contributed by atoms with Crippen molar-refractivity contribution in [1.29, 1.82) is 0 Å². The molecule has 5 heterocycles. The van der Waals surface area contributed by atoms with Crippen molar-refractivity contribution in [3.8, 4) is 5.82 Å². The normalized spacial score (nSPS) is 17.7. The number of halogens is 1. The Balaban J connectivity index is 0.906. The Morgan fingerprint density at radius 2 is 1.64 bits per heavy atom. The van der Waals surface area contributed by atoms with Crippen LogP contribution < -0.4 is 16.0 Å². The molecule has 2 aromatic heterocycles. The fraction of sp³-hybridized carbons (Fsp3) is 0.375. The lowest BCUT2D eigenvalue weighted by atomic mass is 9.99. The van der Waals surface area contributed by atoms with Gasteiger partial charge in [-0.3, -0.25) is 48.5 Å². The van der Waals surface area contributed by atoms with Crippen LogP contribution in [-0.4, -0.2) is 84.9 Å². The van der Waals surface area contributed by atoms with Gasteiger partial charge in [0.05, 0.1) is 23.3 Å². The average Bonchev–Trinajstić information content (AvgIpc) is 3.69. The molecule has 3 aliphatic heterocycles. The maximum Gasteiger partial charge on any atom is 0.262 e. The van der Waals surface area contributed by atoms with Crippen LogP contribution in [0.1, 0.15) is 111 Å². The third-order valence-electron chi connectivity index (χ3n) is 10.5. The fourth-order valence-corrected chi connectivity index (χ4v) is 7.67. The molecular formula is C40H42ClN9O6. The number of carbonyl (C=O) groups is 6. The molecule has 0 aliphatic carbocycles. The second kappa shape index (κ2) is 16.0. The molecule has 0 bridgehead atoms. The van der Waals surface area contributed by atoms with Gasteiger partial charge in [0.25, 0.3) is 11.8 Å². The molecule has 0 radical (unpaired) electrons. The molecule has 2 aromatic carbocycles. The number of nitrogens with one attached hydrogen (secondary N) is 4. The quantitative estimate of drug-likeness (QED) is 0.123. The van der Waals surface area contributed by atoms with E-state index < -0.39 is 35.7 Å². The molecule has 4 N–H and O–H groups in total. The molecule has 16 heteroatoms. The minimum Gasteiger partial charge on any atom is -0.356 e. The second-order valence-corrected chi connectivity index (χ2v) is 14.7. The molecule has 3 aliphatic rings. The minimum absolute atomic E-state index is 0.0524. The lowest BCUT2D eigenvalue weighted by molar-refractivity contribution is -0.131. The third kappa shape index (κ3) is 7.50. The molecule has 6 amide bonds. The predicted octanol–water partition coefficient (Wildman–Crippen LogP) is 3.89. The number of imide groups is 2. The molecule has 0 spiro atoms. The second-order valence-electron chi connectivity index (χ2n) is 14.3. The minimum atomic E-state index is -1.07. The van der Waals surface area contributed by atoms with Crippen molar-refractivity contribution in [2.24, 2.45) is 4.99 Å². The molecule has 2 atom stereocenters. The van der Waals surface area contributed by atoms with Crippen molar-refractivity contribution in [3.05, 3.63) is 98.2 Å². The van der Waals surface area contributed by atoms with Crippen LogP contribution in [0.3, 0.4) is 0 Å². The van der Waals surface area contributed by atoms with E-state index in [1.54, 1.807) is 12.1 Å². The number of H-pyrrole nitrogens is 1. The van der Waals surface area contributed by atoms with E-state index in [9.17, 15) is 28.8 Å². The zero-order chi connectivity index (χ0) is 39.7. The lowest BCUT2D eigenvalue weighted by Gasteiger charge is -2.23. The number of unbranched alkanes of at least 4 members (excludes halogenated alkanes) is 1. The maximum absolute atomic E-state index is 13.4. The highest BCUT2D eigenvalue weighted by Gasteiger charge is 2.44. The highest BCUT2D eigenvalue weighted by molar-refractivity contribution is 6.30. The first kappa shape index (κ1) is 38.3. The summed E-state index contributed by atoms with van der Waals surface area (Å²) in [7, 11) is 0. The van der Waals surface area contributed by atoms with Gasteiger partial charge in [-0.1, -0.05) is 35.9 Å². The summed E-state index contributed by atoms with van der Waals surface area (Å²) in [6.07, 6.45) is 2.30. The van der Waals surface area contributed by atoms with Crippen LogP contribution >= 0.6 is 11.6 Å². The number of aryl methyl sites for hydroxylation is 3. The Hall–Kier alpha value is -5.96. The zero-order valence-electron chi connectivity index (χ0n) is 31.3. The van der Waals surface area contributed by atoms with E-state index in [4.69, 9.17) is 16.6 Å². The SMILES string of the molecule is Cc1[nH]c2c(c1C)C(c1ccc(Cl)cc1)=N[C@@H](CC(=O)NCCCCNC(=O)CCc1cccc3c1C(=O)N([C@H]1CCCC(=O)NC1=O)C3=O)c1nnc(C)n1-2. The number of nitrogens with zero attached hydrogens (tertiary/aromatic N) is 5. The summed E-state index contributed by atoms with van der Waals surface area (Å²) < 4.78 is 1.93. The molecule has 4 aromatic rings. The number of fused-ring (bicyclic) bond motifs is 4. The van der Waals surface area contributed by atoms with E-state index in [0.29, 0.717) is 54.6 Å². The Morgan fingerprint density at radius 1 is 0.911 bits per heavy atom. The molecule has 0 saturated carbocycles. The van der Waals surface area contributed by atoms with Crippen LogP contribution in [-0.2, 0) is 25.6 Å². The van der Waals surface area contributed by atoms with Gasteiger partial charge in [0.15, 0.2) is 5.82 Å². The predicted molar refractivity (Wildman–Crippen MR) is 206 cm³/mol. The number of hydrogen-bond donors (Lipinski definition) is 4. The Morgan fingerprint density at radius 3 is 2.39 bits per heavy atom. The summed E-state index contributed by atoms with van der Waals surface area (Å²) in [6, 6.07) is 10.7. The summed E-state index contributed by atoms with van der Waals surface area (Å²) in [6.45, 7) is 6.69. The summed E-state index contributed by atoms with van der Waals surface area (Å²) in [5, 5.41) is 17.5. The van der Waals surface area contributed by atoms with E-state index in [1.807, 2.05) is 49.6 Å². The zero-order valence-corrected chi connectivity index (χ0v) is 32.1. The van der Waals surface area contributed by atoms with Gasteiger partial charge in [-0.25, -0.2) is 0 Å². The van der Waals surface area contributed by atoms with E-state index in [1.165, 1.54) is 6.07 Å². The topological polar surface area (TPSA) is 201 Å². The molecule has 1 fully saturated rings. The van der Waals surface area contributed by atoms with Crippen LogP contribution in [0, 0.1) is 20.8 Å². The van der Waals surface area contributed by atoms with Crippen LogP contribution in [0.5, 0.6) is 0 Å². The van der Waals surface area contributed by atoms with Crippen LogP contribution in [0.15, 0.2) is 47.5 Å². The first-order valence-corrected chi connectivity index (χ1v) is 19.1. The molecule has 290 valence electrons. The lowest BCUT2D eigenvalue weighted by Crippen LogP contribution is -2.49. The van der Waals surface area contributed by atoms with Gasteiger partial charge in [-0.05, 0) is 82.2 Å². The first-order valence-electron chi connectivity index (χ1n) is 18.7. The van der Waals surface area contributed by atoms with Crippen molar-refractivity contribution in [2.75, 3.05) is 13.1 Å². The number of aromatic nitrogens is 4. The third-order valence-corrected chi connectivity index (χ3v) is 10.8. The van der Waals surface area contributed by atoms with E-state index in [2.05, 4.69) is 31.1 Å². The molecule has 56 heavy (non-hydrogen) atoms. The van der Waals surface area contributed by atoms with Crippen molar-refractivity contribution in [1.82, 2.24) is 40.6 Å². The molecule has 1 saturated heterocycles. The van der Waals surface area contributed by atoms with Crippen molar-refractivity contribution in [2.45, 2.75) is 84.2 Å². The Bertz CT molecular complexity index is 2290. The van der Waals surface area contributed by atoms with Crippen molar-refractivity contribution in [3.63, 3.8) is 0 Å². The van der Waals surface area contributed by atoms with Crippen LogP contribution in [0.4, 0.5) is 0 Å². The van der Waals surface area contributed by atoms with Gasteiger partial charge in [0.1, 0.15) is 23.7 Å². The number of aromatic amines is 1. The number of benzene rings is 2. The monoisotopic (exact) mass is 779 g/mol. The van der Waals surface area contributed by atoms with Gasteiger partial charge in [-0.2, -0.15) is 0 Å². The highest BCUT2D eigenvalue weighted by Crippen LogP contribution is 2.35. The van der Waals surface area contributed by atoms with E-state index >= 15 is 0 Å². The van der Waals surface area contributed by atoms with Gasteiger partial charge in [0.2, 0.25) is 23.6 Å². The average molecular weight is 780 g/mol. The number of rotatable bonds is 12. The summed E-state index contributed by atoms with van der Waals surface area (Å²) in [4.78, 5) is 86.7. The highest BCUT2D eigenvalue weighted by atomic mass is 35.5. The van der Waals surface area contributed by atoms with Crippen molar-refractivity contribution >= 4 is 52.8 Å². The summed E-state index contributed by atoms with van der Waals surface area (Å²) in [5.74, 6) is -0.655. The Labute approximate surface area is 327 Å². The largest absolute Gasteiger partial charge is 0.356 e. The van der Waals surface area contributed by atoms with Gasteiger partial charge >= 0.3 is 0 Å². The number of hydrogen-bond acceptors (Lipinski definition) is 9. The van der Waals surface area contributed by atoms with E-state index in [-0.39, 0.29) is 55.0 Å². The standard InChI is InChI=1S/C40H42ClN9O6/c1-21-22(2)44-37-33(21)35(25-12-15-26(41)16-13-25)45-28(36-48-47-23(3)49(36)37)20-32(53)43-19-5-4-18-42-30(51)17-14-24-8-6-9-27-34(24)40(56)50(39(27)55)29-10-7-11-31(52)46-38(29)54/h6,8-9,12-13,15-16,28-29,44H,4-5,7,10-11,14,17-20H2,1-3H3,(H,42,51)(H,43,53)(H,46,52,54)/t28-,29-/m0/s1. The molecule has 0 unspecified atom stereocenters. The molecule has 7 rings (SSSR count). The Kier molecular flexibility index (Phi) is 11.0. The number of amides is 6. The smallest absolute Gasteiger partial charge is 0.262 e. The van der Waals surface area contributed by atoms with Crippen LogP contribution in [0.25, 0.3) is 5.82 Å². The van der Waals surface area contributed by atoms with E-state index in [0.717, 1.165) is 38.8 Å². The summed E-state index contributed by atoms with van der Waals surface area (Å²) in [5.41, 5.74) is 5.46. The molecule has 15 nitrogen and oxygen atoms in total. The molecular weight excluding hydrogens is 738 g/mol. The number of aliphatic imine (C=N–C) groups is 1. The first-order chi connectivity index (χ1) is 26.9. The van der Waals surface area contributed by atoms with Gasteiger partial charge in [-0.15, -0.1) is 10.2 Å². The maximum atomic E-state index is 13.4. The fourth-order valence-electron chi connectivity index (χ4n) is 7.54. The van der Waals surface area contributed by atoms with Crippen LogP contribution in [0.2, 0.25) is 5.02 Å². The van der Waals surface area contributed by atoms with Crippen molar-refractivity contribution < 1.29 is 28.8 Å². The number of carbonyl (C=O) groups excluding carboxylic acids is 6. The van der Waals surface area contributed by atoms with Gasteiger partial charge < -0.3 is 15.6 Å². The van der Waals surface area contributed by atoms with Gasteiger partial charge in [0, 0.05) is 47.8 Å².